The van der Waals surface area contributed by atoms with Crippen molar-refractivity contribution in [3.05, 3.63) is 194 Å². The van der Waals surface area contributed by atoms with E-state index < -0.39 is 0 Å². The number of benzene rings is 8. The standard InChI is InChI=1S/C50H33N3O/c1-3-12-33(13-4-1)35-22-26-37(27-23-35)48-51-49(38-28-24-36(25-29-38)34-14-5-2-6-15-34)53-50(52-48)45-31-30-43(41-18-9-10-19-42(41)45)44-20-11-21-46-47(44)40-17-8-7-16-39(40)32-54-46/h1-31H,32H2. The molecule has 54 heavy (non-hydrogen) atoms. The molecule has 2 heterocycles. The highest BCUT2D eigenvalue weighted by Crippen LogP contribution is 2.46. The van der Waals surface area contributed by atoms with Crippen molar-refractivity contribution in [2.45, 2.75) is 6.61 Å². The molecule has 1 aliphatic rings. The van der Waals surface area contributed by atoms with Crippen LogP contribution in [-0.4, -0.2) is 15.0 Å². The van der Waals surface area contributed by atoms with Crippen LogP contribution in [0.3, 0.4) is 0 Å². The lowest BCUT2D eigenvalue weighted by atomic mass is 9.87. The summed E-state index contributed by atoms with van der Waals surface area (Å²) in [4.78, 5) is 15.4. The highest BCUT2D eigenvalue weighted by molar-refractivity contribution is 6.07. The Morgan fingerprint density at radius 1 is 0.315 bits per heavy atom. The number of rotatable bonds is 6. The lowest BCUT2D eigenvalue weighted by molar-refractivity contribution is 0.302. The molecule has 0 spiro atoms. The quantitative estimate of drug-likeness (QED) is 0.174. The summed E-state index contributed by atoms with van der Waals surface area (Å²) in [6, 6.07) is 65.5. The molecule has 10 rings (SSSR count). The second kappa shape index (κ2) is 13.4. The number of nitrogens with zero attached hydrogens (tertiary/aromatic N) is 3. The Kier molecular flexibility index (Phi) is 7.85. The third-order valence-electron chi connectivity index (χ3n) is 10.3. The molecule has 0 atom stereocenters. The Hall–Kier alpha value is -7.17. The maximum absolute atomic E-state index is 6.27. The third-order valence-corrected chi connectivity index (χ3v) is 10.3. The zero-order valence-corrected chi connectivity index (χ0v) is 29.4. The van der Waals surface area contributed by atoms with E-state index >= 15 is 0 Å². The highest BCUT2D eigenvalue weighted by atomic mass is 16.5. The van der Waals surface area contributed by atoms with Crippen molar-refractivity contribution < 1.29 is 4.74 Å². The van der Waals surface area contributed by atoms with Crippen LogP contribution in [0.5, 0.6) is 5.75 Å². The molecule has 1 aliphatic heterocycles. The van der Waals surface area contributed by atoms with Crippen LogP contribution < -0.4 is 4.74 Å². The van der Waals surface area contributed by atoms with Crippen LogP contribution in [0.2, 0.25) is 0 Å². The van der Waals surface area contributed by atoms with Gasteiger partial charge < -0.3 is 4.74 Å². The first-order valence-corrected chi connectivity index (χ1v) is 18.2. The molecule has 0 bridgehead atoms. The van der Waals surface area contributed by atoms with Gasteiger partial charge in [-0.25, -0.2) is 15.0 Å². The van der Waals surface area contributed by atoms with Crippen LogP contribution >= 0.6 is 0 Å². The fraction of sp³-hybridized carbons (Fsp3) is 0.0200. The Balaban J connectivity index is 1.13. The van der Waals surface area contributed by atoms with Crippen molar-refractivity contribution in [2.75, 3.05) is 0 Å². The first kappa shape index (κ1) is 31.6. The van der Waals surface area contributed by atoms with Crippen LogP contribution in [0.25, 0.3) is 89.4 Å². The number of hydrogen-bond acceptors (Lipinski definition) is 4. The fourth-order valence-corrected chi connectivity index (χ4v) is 7.57. The molecule has 0 saturated heterocycles. The van der Waals surface area contributed by atoms with Gasteiger partial charge in [0.05, 0.1) is 0 Å². The van der Waals surface area contributed by atoms with E-state index in [0.29, 0.717) is 24.1 Å². The number of ether oxygens (including phenoxy) is 1. The lowest BCUT2D eigenvalue weighted by Crippen LogP contribution is -2.06. The van der Waals surface area contributed by atoms with E-state index in [0.717, 1.165) is 61.0 Å². The highest BCUT2D eigenvalue weighted by Gasteiger charge is 2.23. The van der Waals surface area contributed by atoms with Crippen LogP contribution in [0.4, 0.5) is 0 Å². The molecular weight excluding hydrogens is 659 g/mol. The van der Waals surface area contributed by atoms with Gasteiger partial charge in [-0.15, -0.1) is 0 Å². The lowest BCUT2D eigenvalue weighted by Gasteiger charge is -2.24. The van der Waals surface area contributed by atoms with E-state index in [4.69, 9.17) is 19.7 Å². The van der Waals surface area contributed by atoms with E-state index in [-0.39, 0.29) is 0 Å². The second-order valence-electron chi connectivity index (χ2n) is 13.5. The summed E-state index contributed by atoms with van der Waals surface area (Å²) in [7, 11) is 0. The summed E-state index contributed by atoms with van der Waals surface area (Å²) in [5.41, 5.74) is 13.2. The summed E-state index contributed by atoms with van der Waals surface area (Å²) >= 11 is 0. The SMILES string of the molecule is c1ccc(-c2ccc(-c3nc(-c4ccc(-c5ccccc5)cc4)nc(-c4ccc(-c5cccc6c5-c5ccccc5CO6)c5ccccc45)n3)cc2)cc1. The van der Waals surface area contributed by atoms with Gasteiger partial charge in [-0.05, 0) is 67.4 Å². The second-order valence-corrected chi connectivity index (χ2v) is 13.5. The molecule has 4 heteroatoms. The first-order valence-electron chi connectivity index (χ1n) is 18.2. The molecule has 0 N–H and O–H groups in total. The van der Waals surface area contributed by atoms with Gasteiger partial charge in [-0.1, -0.05) is 176 Å². The monoisotopic (exact) mass is 691 g/mol. The number of hydrogen-bond donors (Lipinski definition) is 0. The average Bonchev–Trinajstić information content (AvgIpc) is 3.26. The van der Waals surface area contributed by atoms with E-state index in [2.05, 4.69) is 176 Å². The van der Waals surface area contributed by atoms with Crippen molar-refractivity contribution in [1.29, 1.82) is 0 Å². The first-order chi connectivity index (χ1) is 26.8. The normalized spacial score (nSPS) is 11.8. The van der Waals surface area contributed by atoms with Crippen molar-refractivity contribution in [1.82, 2.24) is 15.0 Å². The van der Waals surface area contributed by atoms with Gasteiger partial charge in [0.15, 0.2) is 17.5 Å². The topological polar surface area (TPSA) is 47.9 Å². The molecule has 9 aromatic rings. The van der Waals surface area contributed by atoms with E-state index in [1.54, 1.807) is 0 Å². The van der Waals surface area contributed by atoms with Gasteiger partial charge in [0, 0.05) is 22.3 Å². The molecule has 254 valence electrons. The Morgan fingerprint density at radius 3 is 1.41 bits per heavy atom. The molecule has 0 aliphatic carbocycles. The van der Waals surface area contributed by atoms with Crippen molar-refractivity contribution in [3.8, 4) is 84.4 Å². The fourth-order valence-electron chi connectivity index (χ4n) is 7.57. The van der Waals surface area contributed by atoms with Gasteiger partial charge in [-0.2, -0.15) is 0 Å². The van der Waals surface area contributed by atoms with Gasteiger partial charge in [0.2, 0.25) is 0 Å². The zero-order chi connectivity index (χ0) is 35.8. The Bertz CT molecular complexity index is 2690. The maximum Gasteiger partial charge on any atom is 0.164 e. The average molecular weight is 692 g/mol. The summed E-state index contributed by atoms with van der Waals surface area (Å²) < 4.78 is 6.27. The molecule has 0 radical (unpaired) electrons. The molecule has 4 nitrogen and oxygen atoms in total. The zero-order valence-electron chi connectivity index (χ0n) is 29.4. The van der Waals surface area contributed by atoms with Crippen molar-refractivity contribution >= 4 is 10.8 Å². The molecule has 0 fully saturated rings. The molecule has 0 amide bonds. The van der Waals surface area contributed by atoms with Crippen LogP contribution in [0.1, 0.15) is 5.56 Å². The van der Waals surface area contributed by atoms with Gasteiger partial charge in [0.1, 0.15) is 12.4 Å². The van der Waals surface area contributed by atoms with Gasteiger partial charge in [0.25, 0.3) is 0 Å². The minimum absolute atomic E-state index is 0.570. The van der Waals surface area contributed by atoms with Crippen molar-refractivity contribution in [3.63, 3.8) is 0 Å². The predicted molar refractivity (Wildman–Crippen MR) is 220 cm³/mol. The molecular formula is C50H33N3O. The van der Waals surface area contributed by atoms with Crippen molar-refractivity contribution in [2.24, 2.45) is 0 Å². The van der Waals surface area contributed by atoms with Crippen LogP contribution in [0, 0.1) is 0 Å². The summed E-state index contributed by atoms with van der Waals surface area (Å²) in [5.74, 6) is 2.78. The maximum atomic E-state index is 6.27. The number of fused-ring (bicyclic) bond motifs is 4. The van der Waals surface area contributed by atoms with Gasteiger partial charge in [-0.3, -0.25) is 0 Å². The third kappa shape index (κ3) is 5.71. The van der Waals surface area contributed by atoms with E-state index in [9.17, 15) is 0 Å². The summed E-state index contributed by atoms with van der Waals surface area (Å²) in [6.45, 7) is 0.570. The molecule has 0 unspecified atom stereocenters. The molecule has 8 aromatic carbocycles. The summed E-state index contributed by atoms with van der Waals surface area (Å²) in [5, 5.41) is 2.19. The predicted octanol–water partition coefficient (Wildman–Crippen LogP) is 12.6. The smallest absolute Gasteiger partial charge is 0.164 e. The van der Waals surface area contributed by atoms with Crippen LogP contribution in [0.15, 0.2) is 188 Å². The minimum Gasteiger partial charge on any atom is -0.488 e. The molecule has 1 aromatic heterocycles. The van der Waals surface area contributed by atoms with Gasteiger partial charge >= 0.3 is 0 Å². The Labute approximate surface area is 314 Å². The molecule has 0 saturated carbocycles. The van der Waals surface area contributed by atoms with Crippen LogP contribution in [-0.2, 0) is 6.61 Å². The summed E-state index contributed by atoms with van der Waals surface area (Å²) in [6.07, 6.45) is 0. The number of aromatic nitrogens is 3. The van der Waals surface area contributed by atoms with E-state index in [1.807, 2.05) is 12.1 Å². The Morgan fingerprint density at radius 2 is 0.778 bits per heavy atom. The largest absolute Gasteiger partial charge is 0.488 e. The van der Waals surface area contributed by atoms with E-state index in [1.165, 1.54) is 22.3 Å². The minimum atomic E-state index is 0.570.